The number of piperidine rings is 1. The average Bonchev–Trinajstić information content (AvgIpc) is 2.80. The summed E-state index contributed by atoms with van der Waals surface area (Å²) in [5.74, 6) is -1.75. The molecule has 1 aromatic heterocycles. The third-order valence-electron chi connectivity index (χ3n) is 2.70. The summed E-state index contributed by atoms with van der Waals surface area (Å²) in [6.45, 7) is -0.170. The second-order valence-corrected chi connectivity index (χ2v) is 3.84. The maximum atomic E-state index is 11.9. The first kappa shape index (κ1) is 11.4. The first-order valence-corrected chi connectivity index (χ1v) is 5.18. The molecule has 0 radical (unpaired) electrons. The van der Waals surface area contributed by atoms with E-state index in [1.165, 1.54) is 18.4 Å². The SMILES string of the molecule is O=C1CCC(C(=O)O)N(C(=O)c2ccco2)C1. The molecule has 1 amide bonds. The highest BCUT2D eigenvalue weighted by Crippen LogP contribution is 2.18. The quantitative estimate of drug-likeness (QED) is 0.810. The van der Waals surface area contributed by atoms with Crippen LogP contribution in [0.1, 0.15) is 23.4 Å². The lowest BCUT2D eigenvalue weighted by molar-refractivity contribution is -0.144. The molecule has 6 nitrogen and oxygen atoms in total. The minimum absolute atomic E-state index is 0.0472. The van der Waals surface area contributed by atoms with Crippen molar-refractivity contribution >= 4 is 17.7 Å². The first-order chi connectivity index (χ1) is 8.09. The zero-order chi connectivity index (χ0) is 12.4. The van der Waals surface area contributed by atoms with Crippen molar-refractivity contribution in [1.82, 2.24) is 4.90 Å². The van der Waals surface area contributed by atoms with E-state index in [-0.39, 0.29) is 30.9 Å². The summed E-state index contributed by atoms with van der Waals surface area (Å²) < 4.78 is 4.92. The number of hydrogen-bond acceptors (Lipinski definition) is 4. The van der Waals surface area contributed by atoms with Gasteiger partial charge in [-0.3, -0.25) is 9.59 Å². The number of nitrogens with zero attached hydrogens (tertiary/aromatic N) is 1. The summed E-state index contributed by atoms with van der Waals surface area (Å²) in [6.07, 6.45) is 1.67. The smallest absolute Gasteiger partial charge is 0.326 e. The number of Topliss-reactive ketones (excluding diaryl/α,β-unsaturated/α-hetero) is 1. The number of carbonyl (C=O) groups excluding carboxylic acids is 2. The van der Waals surface area contributed by atoms with Crippen LogP contribution in [0.2, 0.25) is 0 Å². The third-order valence-corrected chi connectivity index (χ3v) is 2.70. The monoisotopic (exact) mass is 237 g/mol. The fraction of sp³-hybridized carbons (Fsp3) is 0.364. The van der Waals surface area contributed by atoms with Crippen molar-refractivity contribution in [2.75, 3.05) is 6.54 Å². The van der Waals surface area contributed by atoms with Gasteiger partial charge in [-0.1, -0.05) is 0 Å². The van der Waals surface area contributed by atoms with E-state index < -0.39 is 17.9 Å². The van der Waals surface area contributed by atoms with Gasteiger partial charge in [-0.25, -0.2) is 4.79 Å². The topological polar surface area (TPSA) is 87.8 Å². The molecule has 2 rings (SSSR count). The molecule has 1 aromatic rings. The Kier molecular flexibility index (Phi) is 2.95. The van der Waals surface area contributed by atoms with Crippen LogP contribution in [0.25, 0.3) is 0 Å². The first-order valence-electron chi connectivity index (χ1n) is 5.18. The Morgan fingerprint density at radius 1 is 1.47 bits per heavy atom. The number of furan rings is 1. The maximum Gasteiger partial charge on any atom is 0.326 e. The van der Waals surface area contributed by atoms with Crippen LogP contribution in [-0.4, -0.2) is 40.3 Å². The zero-order valence-corrected chi connectivity index (χ0v) is 8.96. The van der Waals surface area contributed by atoms with Gasteiger partial charge in [0, 0.05) is 6.42 Å². The van der Waals surface area contributed by atoms with Crippen molar-refractivity contribution in [2.45, 2.75) is 18.9 Å². The van der Waals surface area contributed by atoms with Gasteiger partial charge in [0.15, 0.2) is 11.5 Å². The normalized spacial score (nSPS) is 20.4. The Labute approximate surface area is 96.8 Å². The zero-order valence-electron chi connectivity index (χ0n) is 8.96. The van der Waals surface area contributed by atoms with Gasteiger partial charge in [0.2, 0.25) is 0 Å². The highest BCUT2D eigenvalue weighted by Gasteiger charge is 2.36. The van der Waals surface area contributed by atoms with Crippen LogP contribution in [0.5, 0.6) is 0 Å². The van der Waals surface area contributed by atoms with Gasteiger partial charge in [0.25, 0.3) is 5.91 Å². The lowest BCUT2D eigenvalue weighted by atomic mass is 10.0. The molecule has 1 aliphatic heterocycles. The predicted molar refractivity (Wildman–Crippen MR) is 55.4 cm³/mol. The van der Waals surface area contributed by atoms with E-state index in [0.717, 1.165) is 4.90 Å². The number of carbonyl (C=O) groups is 3. The van der Waals surface area contributed by atoms with Crippen molar-refractivity contribution < 1.29 is 23.9 Å². The Bertz CT molecular complexity index is 450. The molecule has 0 aliphatic carbocycles. The number of likely N-dealkylation sites (tertiary alicyclic amines) is 1. The molecular weight excluding hydrogens is 226 g/mol. The van der Waals surface area contributed by atoms with Crippen molar-refractivity contribution in [3.8, 4) is 0 Å². The molecule has 0 spiro atoms. The molecule has 1 unspecified atom stereocenters. The van der Waals surface area contributed by atoms with Crippen molar-refractivity contribution in [3.63, 3.8) is 0 Å². The number of rotatable bonds is 2. The summed E-state index contributed by atoms with van der Waals surface area (Å²) >= 11 is 0. The Morgan fingerprint density at radius 2 is 2.24 bits per heavy atom. The molecule has 1 atom stereocenters. The van der Waals surface area contributed by atoms with Crippen LogP contribution in [0.3, 0.4) is 0 Å². The Balaban J connectivity index is 2.23. The molecule has 1 N–H and O–H groups in total. The molecule has 17 heavy (non-hydrogen) atoms. The number of carboxylic acids is 1. The number of amides is 1. The summed E-state index contributed by atoms with van der Waals surface area (Å²) in [7, 11) is 0. The van der Waals surface area contributed by atoms with Crippen LogP contribution in [0.15, 0.2) is 22.8 Å². The van der Waals surface area contributed by atoms with E-state index in [4.69, 9.17) is 9.52 Å². The van der Waals surface area contributed by atoms with Gasteiger partial charge in [-0.15, -0.1) is 0 Å². The van der Waals surface area contributed by atoms with Gasteiger partial charge in [-0.2, -0.15) is 0 Å². The second-order valence-electron chi connectivity index (χ2n) is 3.84. The molecule has 6 heteroatoms. The number of hydrogen-bond donors (Lipinski definition) is 1. The lowest BCUT2D eigenvalue weighted by Crippen LogP contribution is -2.50. The summed E-state index contributed by atoms with van der Waals surface area (Å²) in [4.78, 5) is 35.3. The molecule has 90 valence electrons. The molecule has 1 saturated heterocycles. The van der Waals surface area contributed by atoms with Crippen molar-refractivity contribution in [2.24, 2.45) is 0 Å². The van der Waals surface area contributed by atoms with Crippen LogP contribution in [0, 0.1) is 0 Å². The standard InChI is InChI=1S/C11H11NO5/c13-7-3-4-8(11(15)16)12(6-7)10(14)9-2-1-5-17-9/h1-2,5,8H,3-4,6H2,(H,15,16). The molecular formula is C11H11NO5. The Morgan fingerprint density at radius 3 is 2.82 bits per heavy atom. The van der Waals surface area contributed by atoms with E-state index in [1.54, 1.807) is 0 Å². The van der Waals surface area contributed by atoms with E-state index in [2.05, 4.69) is 0 Å². The summed E-state index contributed by atoms with van der Waals surface area (Å²) in [5, 5.41) is 9.01. The minimum atomic E-state index is -1.10. The molecule has 0 aromatic carbocycles. The van der Waals surface area contributed by atoms with E-state index in [1.807, 2.05) is 0 Å². The largest absolute Gasteiger partial charge is 0.480 e. The van der Waals surface area contributed by atoms with Crippen LogP contribution in [-0.2, 0) is 9.59 Å². The van der Waals surface area contributed by atoms with E-state index in [9.17, 15) is 14.4 Å². The third kappa shape index (κ3) is 2.20. The molecule has 1 aliphatic rings. The van der Waals surface area contributed by atoms with E-state index >= 15 is 0 Å². The fourth-order valence-electron chi connectivity index (χ4n) is 1.84. The summed E-state index contributed by atoms with van der Waals surface area (Å²) in [6, 6.07) is 2.03. The minimum Gasteiger partial charge on any atom is -0.480 e. The molecule has 0 bridgehead atoms. The Hall–Kier alpha value is -2.11. The van der Waals surface area contributed by atoms with Gasteiger partial charge in [0.05, 0.1) is 12.8 Å². The van der Waals surface area contributed by atoms with Gasteiger partial charge < -0.3 is 14.4 Å². The van der Waals surface area contributed by atoms with Gasteiger partial charge >= 0.3 is 5.97 Å². The summed E-state index contributed by atoms with van der Waals surface area (Å²) in [5.41, 5.74) is 0. The lowest BCUT2D eigenvalue weighted by Gasteiger charge is -2.31. The maximum absolute atomic E-state index is 11.9. The van der Waals surface area contributed by atoms with Crippen LogP contribution < -0.4 is 0 Å². The number of carboxylic acid groups (broad SMARTS) is 1. The van der Waals surface area contributed by atoms with Crippen LogP contribution >= 0.6 is 0 Å². The fourth-order valence-corrected chi connectivity index (χ4v) is 1.84. The predicted octanol–water partition coefficient (Wildman–Crippen LogP) is 0.538. The number of aliphatic carboxylic acids is 1. The average molecular weight is 237 g/mol. The van der Waals surface area contributed by atoms with Gasteiger partial charge in [0.1, 0.15) is 6.04 Å². The molecule has 1 fully saturated rings. The molecule has 2 heterocycles. The second kappa shape index (κ2) is 4.40. The highest BCUT2D eigenvalue weighted by molar-refractivity contribution is 5.98. The van der Waals surface area contributed by atoms with Crippen LogP contribution in [0.4, 0.5) is 0 Å². The van der Waals surface area contributed by atoms with Crippen molar-refractivity contribution in [3.05, 3.63) is 24.2 Å². The van der Waals surface area contributed by atoms with Crippen molar-refractivity contribution in [1.29, 1.82) is 0 Å². The highest BCUT2D eigenvalue weighted by atomic mass is 16.4. The number of ketones is 1. The molecule has 0 saturated carbocycles. The van der Waals surface area contributed by atoms with E-state index in [0.29, 0.717) is 0 Å². The van der Waals surface area contributed by atoms with Gasteiger partial charge in [-0.05, 0) is 18.6 Å².